The lowest BCUT2D eigenvalue weighted by atomic mass is 10.2. The maximum Gasteiger partial charge on any atom is 0.264 e. The van der Waals surface area contributed by atoms with Gasteiger partial charge in [-0.3, -0.25) is 0 Å². The normalized spacial score (nSPS) is 14.4. The molecule has 0 unspecified atom stereocenters. The van der Waals surface area contributed by atoms with Crippen LogP contribution >= 0.6 is 0 Å². The highest BCUT2D eigenvalue weighted by molar-refractivity contribution is 5.60. The monoisotopic (exact) mass is 355 g/mol. The molecule has 0 aliphatic carbocycles. The highest BCUT2D eigenvalue weighted by Crippen LogP contribution is 2.22. The molecule has 1 saturated heterocycles. The molecule has 0 amide bonds. The first kappa shape index (κ1) is 16.5. The number of hydrogen-bond donors (Lipinski definition) is 0. The summed E-state index contributed by atoms with van der Waals surface area (Å²) in [5.41, 5.74) is 2.03. The van der Waals surface area contributed by atoms with Gasteiger partial charge in [-0.25, -0.2) is 4.39 Å². The Morgan fingerprint density at radius 2 is 1.73 bits per heavy atom. The molecule has 3 aromatic rings. The highest BCUT2D eigenvalue weighted by Gasteiger charge is 2.13. The van der Waals surface area contributed by atoms with Crippen LogP contribution in [0.4, 0.5) is 10.1 Å². The number of rotatable bonds is 5. The lowest BCUT2D eigenvalue weighted by molar-refractivity contribution is 0.122. The van der Waals surface area contributed by atoms with E-state index in [0.29, 0.717) is 17.5 Å². The molecule has 7 heteroatoms. The molecule has 4 rings (SSSR count). The summed E-state index contributed by atoms with van der Waals surface area (Å²) in [5.74, 6) is 1.11. The summed E-state index contributed by atoms with van der Waals surface area (Å²) in [7, 11) is 0. The van der Waals surface area contributed by atoms with Crippen molar-refractivity contribution in [2.24, 2.45) is 0 Å². The molecular weight excluding hydrogens is 337 g/mol. The first-order chi connectivity index (χ1) is 12.8. The Kier molecular flexibility index (Phi) is 4.79. The molecule has 0 atom stereocenters. The lowest BCUT2D eigenvalue weighted by Gasteiger charge is -2.28. The topological polar surface area (TPSA) is 60.6 Å². The highest BCUT2D eigenvalue weighted by atomic mass is 19.1. The zero-order chi connectivity index (χ0) is 17.8. The van der Waals surface area contributed by atoms with Gasteiger partial charge in [0.05, 0.1) is 13.2 Å². The Balaban J connectivity index is 1.39. The van der Waals surface area contributed by atoms with Crippen molar-refractivity contribution in [3.8, 4) is 17.1 Å². The Bertz CT molecular complexity index is 843. The number of halogens is 1. The van der Waals surface area contributed by atoms with Gasteiger partial charge in [-0.2, -0.15) is 4.98 Å². The summed E-state index contributed by atoms with van der Waals surface area (Å²) in [6, 6.07) is 13.8. The zero-order valence-corrected chi connectivity index (χ0v) is 14.1. The van der Waals surface area contributed by atoms with Crippen molar-refractivity contribution >= 4 is 5.69 Å². The molecule has 2 heterocycles. The first-order valence-electron chi connectivity index (χ1n) is 8.42. The van der Waals surface area contributed by atoms with Crippen LogP contribution in [0.1, 0.15) is 5.89 Å². The second kappa shape index (κ2) is 7.53. The van der Waals surface area contributed by atoms with Crippen LogP contribution in [-0.2, 0) is 11.3 Å². The molecule has 0 bridgehead atoms. The third kappa shape index (κ3) is 3.83. The Morgan fingerprint density at radius 3 is 2.46 bits per heavy atom. The SMILES string of the molecule is Fc1ccc(OCc2nc(-c3ccc(N4CCOCC4)cc3)no2)cc1. The number of aromatic nitrogens is 2. The molecule has 6 nitrogen and oxygen atoms in total. The molecule has 0 spiro atoms. The van der Waals surface area contributed by atoms with Gasteiger partial charge in [0.2, 0.25) is 5.82 Å². The van der Waals surface area contributed by atoms with Crippen LogP contribution in [0.25, 0.3) is 11.4 Å². The summed E-state index contributed by atoms with van der Waals surface area (Å²) < 4.78 is 29.0. The molecule has 1 aliphatic rings. The Hall–Kier alpha value is -2.93. The van der Waals surface area contributed by atoms with Crippen molar-refractivity contribution in [3.05, 3.63) is 60.2 Å². The average Bonchev–Trinajstić information content (AvgIpc) is 3.17. The molecule has 2 aromatic carbocycles. The van der Waals surface area contributed by atoms with Gasteiger partial charge >= 0.3 is 0 Å². The fraction of sp³-hybridized carbons (Fsp3) is 0.263. The lowest BCUT2D eigenvalue weighted by Crippen LogP contribution is -2.36. The van der Waals surface area contributed by atoms with Gasteiger partial charge in [-0.15, -0.1) is 0 Å². The molecule has 0 N–H and O–H groups in total. The van der Waals surface area contributed by atoms with E-state index in [4.69, 9.17) is 14.0 Å². The second-order valence-electron chi connectivity index (χ2n) is 5.90. The molecule has 0 radical (unpaired) electrons. The Labute approximate surface area is 150 Å². The van der Waals surface area contributed by atoms with Crippen molar-refractivity contribution in [2.45, 2.75) is 6.61 Å². The molecule has 1 fully saturated rings. The van der Waals surface area contributed by atoms with Gasteiger partial charge in [0.25, 0.3) is 5.89 Å². The molecule has 134 valence electrons. The van der Waals surface area contributed by atoms with Gasteiger partial charge in [0.15, 0.2) is 6.61 Å². The van der Waals surface area contributed by atoms with Crippen molar-refractivity contribution in [2.75, 3.05) is 31.2 Å². The van der Waals surface area contributed by atoms with E-state index < -0.39 is 0 Å². The van der Waals surface area contributed by atoms with E-state index in [2.05, 4.69) is 15.0 Å². The molecule has 1 aromatic heterocycles. The zero-order valence-electron chi connectivity index (χ0n) is 14.1. The molecule has 0 saturated carbocycles. The number of morpholine rings is 1. The molecular formula is C19H18FN3O3. The third-order valence-electron chi connectivity index (χ3n) is 4.15. The maximum absolute atomic E-state index is 12.9. The minimum Gasteiger partial charge on any atom is -0.484 e. The fourth-order valence-electron chi connectivity index (χ4n) is 2.75. The van der Waals surface area contributed by atoms with Gasteiger partial charge in [0.1, 0.15) is 11.6 Å². The van der Waals surface area contributed by atoms with E-state index in [1.165, 1.54) is 12.1 Å². The maximum atomic E-state index is 12.9. The summed E-state index contributed by atoms with van der Waals surface area (Å²) in [5, 5.41) is 4.00. The Morgan fingerprint density at radius 1 is 1.00 bits per heavy atom. The number of nitrogens with zero attached hydrogens (tertiary/aromatic N) is 3. The van der Waals surface area contributed by atoms with E-state index in [9.17, 15) is 4.39 Å². The smallest absolute Gasteiger partial charge is 0.264 e. The van der Waals surface area contributed by atoms with Crippen LogP contribution in [0, 0.1) is 5.82 Å². The van der Waals surface area contributed by atoms with Crippen molar-refractivity contribution in [1.29, 1.82) is 0 Å². The minimum atomic E-state index is -0.307. The first-order valence-corrected chi connectivity index (χ1v) is 8.42. The predicted molar refractivity (Wildman–Crippen MR) is 93.5 cm³/mol. The third-order valence-corrected chi connectivity index (χ3v) is 4.15. The van der Waals surface area contributed by atoms with Crippen LogP contribution < -0.4 is 9.64 Å². The fourth-order valence-corrected chi connectivity index (χ4v) is 2.75. The average molecular weight is 355 g/mol. The van der Waals surface area contributed by atoms with Crippen molar-refractivity contribution in [3.63, 3.8) is 0 Å². The summed E-state index contributed by atoms with van der Waals surface area (Å²) in [6.07, 6.45) is 0. The number of ether oxygens (including phenoxy) is 2. The summed E-state index contributed by atoms with van der Waals surface area (Å²) in [6.45, 7) is 3.43. The standard InChI is InChI=1S/C19H18FN3O3/c20-15-3-7-17(8-4-15)25-13-18-21-19(22-26-18)14-1-5-16(6-2-14)23-9-11-24-12-10-23/h1-8H,9-13H2. The van der Waals surface area contributed by atoms with Gasteiger partial charge in [0, 0.05) is 24.3 Å². The minimum absolute atomic E-state index is 0.129. The molecule has 26 heavy (non-hydrogen) atoms. The van der Waals surface area contributed by atoms with Crippen LogP contribution in [0.3, 0.4) is 0 Å². The van der Waals surface area contributed by atoms with Gasteiger partial charge in [-0.1, -0.05) is 5.16 Å². The predicted octanol–water partition coefficient (Wildman–Crippen LogP) is 3.29. The van der Waals surface area contributed by atoms with E-state index in [0.717, 1.165) is 37.6 Å². The molecule has 1 aliphatic heterocycles. The van der Waals surface area contributed by atoms with E-state index in [1.807, 2.05) is 24.3 Å². The van der Waals surface area contributed by atoms with E-state index >= 15 is 0 Å². The largest absolute Gasteiger partial charge is 0.484 e. The quantitative estimate of drug-likeness (QED) is 0.700. The summed E-state index contributed by atoms with van der Waals surface area (Å²) in [4.78, 5) is 6.63. The number of hydrogen-bond acceptors (Lipinski definition) is 6. The van der Waals surface area contributed by atoms with Gasteiger partial charge < -0.3 is 18.9 Å². The second-order valence-corrected chi connectivity index (χ2v) is 5.90. The van der Waals surface area contributed by atoms with Crippen LogP contribution in [0.5, 0.6) is 5.75 Å². The van der Waals surface area contributed by atoms with E-state index in [1.54, 1.807) is 12.1 Å². The van der Waals surface area contributed by atoms with Gasteiger partial charge in [-0.05, 0) is 48.5 Å². The number of anilines is 1. The number of benzene rings is 2. The van der Waals surface area contributed by atoms with Crippen molar-refractivity contribution in [1.82, 2.24) is 10.1 Å². The van der Waals surface area contributed by atoms with Crippen molar-refractivity contribution < 1.29 is 18.4 Å². The summed E-state index contributed by atoms with van der Waals surface area (Å²) >= 11 is 0. The van der Waals surface area contributed by atoms with Crippen LogP contribution in [0.15, 0.2) is 53.1 Å². The van der Waals surface area contributed by atoms with Crippen LogP contribution in [-0.4, -0.2) is 36.4 Å². The van der Waals surface area contributed by atoms with E-state index in [-0.39, 0.29) is 12.4 Å². The van der Waals surface area contributed by atoms with Crippen LogP contribution in [0.2, 0.25) is 0 Å².